The van der Waals surface area contributed by atoms with Crippen molar-refractivity contribution in [3.8, 4) is 22.3 Å². The quantitative estimate of drug-likeness (QED) is 0.188. The topological polar surface area (TPSA) is 0 Å². The Morgan fingerprint density at radius 2 is 0.952 bits per heavy atom. The standard InChI is InChI=1S/C41H38Si/c1-27-17-19-29(3)38(21-27)36-15-9-11-31-23-34(25-40(31)36)42(5,33-13-7-6-8-14-33)35-24-32-12-10-16-37(41(32)26-35)39-22-28(2)18-20-30(39)4/h6-22,25-26H,23-24H2,1-5H3. The minimum atomic E-state index is -2.23. The zero-order valence-corrected chi connectivity index (χ0v) is 26.4. The molecule has 1 heteroatoms. The van der Waals surface area contributed by atoms with Gasteiger partial charge in [0.1, 0.15) is 8.07 Å². The Hall–Kier alpha value is -4.20. The van der Waals surface area contributed by atoms with Crippen LogP contribution in [0.1, 0.15) is 44.5 Å². The van der Waals surface area contributed by atoms with E-state index in [9.17, 15) is 0 Å². The second-order valence-electron chi connectivity index (χ2n) is 12.6. The second kappa shape index (κ2) is 10.3. The summed E-state index contributed by atoms with van der Waals surface area (Å²) in [5.74, 6) is 0. The van der Waals surface area contributed by atoms with E-state index in [0.29, 0.717) is 0 Å². The monoisotopic (exact) mass is 558 g/mol. The van der Waals surface area contributed by atoms with Gasteiger partial charge in [-0.25, -0.2) is 0 Å². The smallest absolute Gasteiger partial charge is 0.0668 e. The first-order chi connectivity index (χ1) is 20.3. The molecule has 0 fully saturated rings. The Morgan fingerprint density at radius 1 is 0.476 bits per heavy atom. The number of fused-ring (bicyclic) bond motifs is 2. The molecule has 0 unspecified atom stereocenters. The van der Waals surface area contributed by atoms with E-state index in [2.05, 4.69) is 150 Å². The van der Waals surface area contributed by atoms with E-state index in [-0.39, 0.29) is 0 Å². The van der Waals surface area contributed by atoms with Crippen molar-refractivity contribution in [1.29, 1.82) is 0 Å². The van der Waals surface area contributed by atoms with E-state index in [1.165, 1.54) is 71.9 Å². The molecule has 2 aliphatic rings. The van der Waals surface area contributed by atoms with E-state index >= 15 is 0 Å². The van der Waals surface area contributed by atoms with Crippen LogP contribution >= 0.6 is 0 Å². The fraction of sp³-hybridized carbons (Fsp3) is 0.171. The molecular formula is C41H38Si. The van der Waals surface area contributed by atoms with Crippen LogP contribution in [-0.2, 0) is 12.8 Å². The van der Waals surface area contributed by atoms with Crippen molar-refractivity contribution in [2.75, 3.05) is 0 Å². The molecular weight excluding hydrogens is 521 g/mol. The van der Waals surface area contributed by atoms with Crippen LogP contribution in [0.2, 0.25) is 6.55 Å². The highest BCUT2D eigenvalue weighted by molar-refractivity contribution is 7.03. The van der Waals surface area contributed by atoms with Crippen molar-refractivity contribution in [3.05, 3.63) is 158 Å². The fourth-order valence-electron chi connectivity index (χ4n) is 7.25. The van der Waals surface area contributed by atoms with Gasteiger partial charge in [-0.05, 0) is 96.2 Å². The molecule has 5 aromatic carbocycles. The summed E-state index contributed by atoms with van der Waals surface area (Å²) in [5.41, 5.74) is 16.5. The van der Waals surface area contributed by atoms with Gasteiger partial charge in [-0.2, -0.15) is 0 Å². The lowest BCUT2D eigenvalue weighted by atomic mass is 9.93. The maximum absolute atomic E-state index is 2.60. The van der Waals surface area contributed by atoms with Crippen molar-refractivity contribution in [2.45, 2.75) is 47.1 Å². The molecule has 0 amide bonds. The number of hydrogen-bond acceptors (Lipinski definition) is 0. The van der Waals surface area contributed by atoms with Crippen LogP contribution in [-0.4, -0.2) is 8.07 Å². The first kappa shape index (κ1) is 26.7. The molecule has 0 aromatic heterocycles. The molecule has 0 N–H and O–H groups in total. The highest BCUT2D eigenvalue weighted by atomic mass is 28.3. The molecule has 0 spiro atoms. The van der Waals surface area contributed by atoms with Gasteiger partial charge in [0, 0.05) is 0 Å². The lowest BCUT2D eigenvalue weighted by molar-refractivity contribution is 1.23. The van der Waals surface area contributed by atoms with Crippen molar-refractivity contribution in [2.24, 2.45) is 0 Å². The van der Waals surface area contributed by atoms with Gasteiger partial charge in [0.25, 0.3) is 0 Å². The summed E-state index contributed by atoms with van der Waals surface area (Å²) in [4.78, 5) is 0. The van der Waals surface area contributed by atoms with E-state index in [1.807, 2.05) is 0 Å². The minimum Gasteiger partial charge on any atom is -0.0668 e. The number of rotatable bonds is 5. The number of allylic oxidation sites excluding steroid dienone is 2. The van der Waals surface area contributed by atoms with Crippen LogP contribution in [0.3, 0.4) is 0 Å². The van der Waals surface area contributed by atoms with Crippen LogP contribution < -0.4 is 5.19 Å². The molecule has 7 rings (SSSR count). The average Bonchev–Trinajstić information content (AvgIpc) is 3.65. The fourth-order valence-corrected chi connectivity index (χ4v) is 11.2. The first-order valence-electron chi connectivity index (χ1n) is 15.2. The van der Waals surface area contributed by atoms with Crippen LogP contribution in [0.5, 0.6) is 0 Å². The molecule has 0 saturated heterocycles. The van der Waals surface area contributed by atoms with Crippen molar-refractivity contribution in [3.63, 3.8) is 0 Å². The maximum atomic E-state index is 2.60. The highest BCUT2D eigenvalue weighted by Gasteiger charge is 2.41. The summed E-state index contributed by atoms with van der Waals surface area (Å²) in [6.45, 7) is 11.5. The third-order valence-corrected chi connectivity index (χ3v) is 14.5. The Kier molecular flexibility index (Phi) is 6.52. The number of aryl methyl sites for hydroxylation is 4. The molecule has 0 aliphatic heterocycles. The van der Waals surface area contributed by atoms with Crippen LogP contribution in [0, 0.1) is 27.7 Å². The van der Waals surface area contributed by atoms with Gasteiger partial charge in [0.2, 0.25) is 0 Å². The Balaban J connectivity index is 1.39. The lowest BCUT2D eigenvalue weighted by Gasteiger charge is -2.32. The summed E-state index contributed by atoms with van der Waals surface area (Å²) in [7, 11) is -2.23. The van der Waals surface area contributed by atoms with E-state index in [4.69, 9.17) is 0 Å². The molecule has 0 heterocycles. The van der Waals surface area contributed by atoms with Crippen molar-refractivity contribution < 1.29 is 0 Å². The SMILES string of the molecule is Cc1ccc(C)c(-c2cccc3c2C=C([Si](C)(C2=Cc4c(cccc4-c4cc(C)ccc4C)C2)c2ccccc2)C3)c1. The van der Waals surface area contributed by atoms with Gasteiger partial charge in [0.05, 0.1) is 0 Å². The molecule has 0 bridgehead atoms. The predicted molar refractivity (Wildman–Crippen MR) is 184 cm³/mol. The van der Waals surface area contributed by atoms with Crippen LogP contribution in [0.15, 0.2) is 114 Å². The molecule has 5 aromatic rings. The Bertz CT molecular complexity index is 1800. The van der Waals surface area contributed by atoms with E-state index in [1.54, 1.807) is 10.4 Å². The zero-order chi connectivity index (χ0) is 29.0. The van der Waals surface area contributed by atoms with Crippen LogP contribution in [0.25, 0.3) is 34.4 Å². The van der Waals surface area contributed by atoms with Gasteiger partial charge in [-0.3, -0.25) is 0 Å². The third-order valence-electron chi connectivity index (χ3n) is 9.79. The number of hydrogen-bond donors (Lipinski definition) is 0. The summed E-state index contributed by atoms with van der Waals surface area (Å²) >= 11 is 0. The highest BCUT2D eigenvalue weighted by Crippen LogP contribution is 2.44. The normalized spacial score (nSPS) is 13.9. The van der Waals surface area contributed by atoms with Gasteiger partial charge in [0.15, 0.2) is 0 Å². The summed E-state index contributed by atoms with van der Waals surface area (Å²) in [6.07, 6.45) is 7.23. The van der Waals surface area contributed by atoms with Crippen molar-refractivity contribution >= 4 is 25.4 Å². The van der Waals surface area contributed by atoms with E-state index in [0.717, 1.165) is 12.8 Å². The molecule has 0 saturated carbocycles. The van der Waals surface area contributed by atoms with Crippen molar-refractivity contribution in [1.82, 2.24) is 0 Å². The van der Waals surface area contributed by atoms with E-state index < -0.39 is 8.07 Å². The Labute approximate surface area is 252 Å². The summed E-state index contributed by atoms with van der Waals surface area (Å²) < 4.78 is 0. The zero-order valence-electron chi connectivity index (χ0n) is 25.4. The minimum absolute atomic E-state index is 1.03. The van der Waals surface area contributed by atoms with Gasteiger partial charge in [-0.15, -0.1) is 0 Å². The molecule has 2 aliphatic carbocycles. The number of benzene rings is 5. The average molecular weight is 559 g/mol. The molecule has 0 atom stereocenters. The van der Waals surface area contributed by atoms with Gasteiger partial charge >= 0.3 is 0 Å². The van der Waals surface area contributed by atoms with Gasteiger partial charge in [-0.1, -0.05) is 149 Å². The maximum Gasteiger partial charge on any atom is 0.137 e. The molecule has 0 radical (unpaired) electrons. The molecule has 42 heavy (non-hydrogen) atoms. The van der Waals surface area contributed by atoms with Crippen LogP contribution in [0.4, 0.5) is 0 Å². The summed E-state index contributed by atoms with van der Waals surface area (Å²) in [5, 5.41) is 4.74. The molecule has 206 valence electrons. The predicted octanol–water partition coefficient (Wildman–Crippen LogP) is 9.90. The second-order valence-corrected chi connectivity index (χ2v) is 16.7. The third kappa shape index (κ3) is 4.35. The summed E-state index contributed by atoms with van der Waals surface area (Å²) in [6, 6.07) is 38.9. The van der Waals surface area contributed by atoms with Gasteiger partial charge < -0.3 is 0 Å². The molecule has 0 nitrogen and oxygen atoms in total. The lowest BCUT2D eigenvalue weighted by Crippen LogP contribution is -2.49. The Morgan fingerprint density at radius 3 is 1.43 bits per heavy atom. The largest absolute Gasteiger partial charge is 0.137 e. The first-order valence-corrected chi connectivity index (χ1v) is 17.7.